The Bertz CT molecular complexity index is 517. The Morgan fingerprint density at radius 1 is 1.17 bits per heavy atom. The van der Waals surface area contributed by atoms with Gasteiger partial charge in [0.05, 0.1) is 0 Å². The van der Waals surface area contributed by atoms with Gasteiger partial charge < -0.3 is 20.3 Å². The second kappa shape index (κ2) is 7.68. The SMILES string of the molecule is CC(C)(C)OC(=O)N1CCN(c2ccccc2CCCN)CC1. The highest BCUT2D eigenvalue weighted by Crippen LogP contribution is 2.23. The van der Waals surface area contributed by atoms with Crippen LogP contribution < -0.4 is 10.6 Å². The number of amides is 1. The lowest BCUT2D eigenvalue weighted by molar-refractivity contribution is 0.0240. The van der Waals surface area contributed by atoms with Gasteiger partial charge in [-0.2, -0.15) is 0 Å². The maximum absolute atomic E-state index is 12.1. The molecule has 1 aliphatic rings. The second-order valence-corrected chi connectivity index (χ2v) is 6.98. The molecular weight excluding hydrogens is 290 g/mol. The lowest BCUT2D eigenvalue weighted by Gasteiger charge is -2.37. The van der Waals surface area contributed by atoms with Crippen LogP contribution in [0.2, 0.25) is 0 Å². The lowest BCUT2D eigenvalue weighted by atomic mass is 10.1. The van der Waals surface area contributed by atoms with E-state index in [9.17, 15) is 4.79 Å². The molecule has 2 N–H and O–H groups in total. The number of rotatable bonds is 4. The van der Waals surface area contributed by atoms with Crippen LogP contribution in [0.1, 0.15) is 32.8 Å². The van der Waals surface area contributed by atoms with Crippen LogP contribution in [-0.2, 0) is 11.2 Å². The first kappa shape index (κ1) is 17.6. The third-order valence-corrected chi connectivity index (χ3v) is 3.91. The van der Waals surface area contributed by atoms with E-state index in [2.05, 4.69) is 29.2 Å². The molecule has 2 rings (SSSR count). The van der Waals surface area contributed by atoms with Crippen LogP contribution in [0.5, 0.6) is 0 Å². The second-order valence-electron chi connectivity index (χ2n) is 6.98. The van der Waals surface area contributed by atoms with Crippen molar-refractivity contribution in [2.45, 2.75) is 39.2 Å². The van der Waals surface area contributed by atoms with Crippen LogP contribution in [0.25, 0.3) is 0 Å². The van der Waals surface area contributed by atoms with Crippen LogP contribution in [-0.4, -0.2) is 49.3 Å². The van der Waals surface area contributed by atoms with Gasteiger partial charge >= 0.3 is 6.09 Å². The molecule has 0 bridgehead atoms. The Morgan fingerprint density at radius 3 is 2.43 bits per heavy atom. The molecule has 128 valence electrons. The molecule has 0 saturated carbocycles. The van der Waals surface area contributed by atoms with Crippen molar-refractivity contribution in [3.63, 3.8) is 0 Å². The minimum atomic E-state index is -0.441. The Labute approximate surface area is 139 Å². The fraction of sp³-hybridized carbons (Fsp3) is 0.611. The number of aryl methyl sites for hydroxylation is 1. The zero-order valence-electron chi connectivity index (χ0n) is 14.5. The molecule has 0 spiro atoms. The summed E-state index contributed by atoms with van der Waals surface area (Å²) < 4.78 is 5.45. The highest BCUT2D eigenvalue weighted by atomic mass is 16.6. The number of hydrogen-bond donors (Lipinski definition) is 1. The first-order chi connectivity index (χ1) is 10.9. The summed E-state index contributed by atoms with van der Waals surface area (Å²) in [5.74, 6) is 0. The molecule has 0 radical (unpaired) electrons. The summed E-state index contributed by atoms with van der Waals surface area (Å²) in [6.45, 7) is 9.46. The zero-order chi connectivity index (χ0) is 16.9. The summed E-state index contributed by atoms with van der Waals surface area (Å²) in [5, 5.41) is 0. The first-order valence-corrected chi connectivity index (χ1v) is 8.41. The van der Waals surface area contributed by atoms with Gasteiger partial charge in [0, 0.05) is 31.9 Å². The van der Waals surface area contributed by atoms with Crippen LogP contribution in [0.3, 0.4) is 0 Å². The summed E-state index contributed by atoms with van der Waals surface area (Å²) in [6, 6.07) is 8.48. The monoisotopic (exact) mass is 319 g/mol. The van der Waals surface area contributed by atoms with Crippen molar-refractivity contribution in [3.05, 3.63) is 29.8 Å². The highest BCUT2D eigenvalue weighted by Gasteiger charge is 2.26. The standard InChI is InChI=1S/C18H29N3O2/c1-18(2,3)23-17(22)21-13-11-20(12-14-21)16-9-5-4-7-15(16)8-6-10-19/h4-5,7,9H,6,8,10-14,19H2,1-3H3. The van der Waals surface area contributed by atoms with Crippen molar-refractivity contribution in [2.24, 2.45) is 5.73 Å². The van der Waals surface area contributed by atoms with E-state index in [4.69, 9.17) is 10.5 Å². The predicted molar refractivity (Wildman–Crippen MR) is 93.8 cm³/mol. The van der Waals surface area contributed by atoms with E-state index in [0.29, 0.717) is 19.6 Å². The quantitative estimate of drug-likeness (QED) is 0.927. The molecule has 1 saturated heterocycles. The molecule has 5 heteroatoms. The van der Waals surface area contributed by atoms with Gasteiger partial charge in [-0.25, -0.2) is 4.79 Å². The van der Waals surface area contributed by atoms with E-state index >= 15 is 0 Å². The van der Waals surface area contributed by atoms with E-state index in [1.54, 1.807) is 4.90 Å². The molecule has 1 aliphatic heterocycles. The summed E-state index contributed by atoms with van der Waals surface area (Å²) in [4.78, 5) is 16.3. The molecule has 1 aromatic rings. The number of carbonyl (C=O) groups excluding carboxylic acids is 1. The van der Waals surface area contributed by atoms with Crippen molar-refractivity contribution in [1.82, 2.24) is 4.90 Å². The molecule has 0 unspecified atom stereocenters. The number of para-hydroxylation sites is 1. The Kier molecular flexibility index (Phi) is 5.88. The van der Waals surface area contributed by atoms with Crippen LogP contribution in [0.15, 0.2) is 24.3 Å². The van der Waals surface area contributed by atoms with Gasteiger partial charge in [0.2, 0.25) is 0 Å². The van der Waals surface area contributed by atoms with E-state index in [1.807, 2.05) is 20.8 Å². The molecule has 1 fully saturated rings. The van der Waals surface area contributed by atoms with Crippen molar-refractivity contribution in [1.29, 1.82) is 0 Å². The number of anilines is 1. The molecule has 1 aromatic carbocycles. The number of carbonyl (C=O) groups is 1. The molecule has 1 heterocycles. The molecular formula is C18H29N3O2. The average Bonchev–Trinajstić information content (AvgIpc) is 2.52. The summed E-state index contributed by atoms with van der Waals surface area (Å²) in [7, 11) is 0. The first-order valence-electron chi connectivity index (χ1n) is 8.41. The molecule has 0 atom stereocenters. The number of hydrogen-bond acceptors (Lipinski definition) is 4. The van der Waals surface area contributed by atoms with Crippen molar-refractivity contribution in [3.8, 4) is 0 Å². The summed E-state index contributed by atoms with van der Waals surface area (Å²) in [6.07, 6.45) is 1.78. The Balaban J connectivity index is 1.95. The maximum atomic E-state index is 12.1. The van der Waals surface area contributed by atoms with Gasteiger partial charge in [-0.15, -0.1) is 0 Å². The van der Waals surface area contributed by atoms with Crippen LogP contribution in [0, 0.1) is 0 Å². The van der Waals surface area contributed by atoms with E-state index in [-0.39, 0.29) is 6.09 Å². The van der Waals surface area contributed by atoms with E-state index in [1.165, 1.54) is 11.3 Å². The van der Waals surface area contributed by atoms with Gasteiger partial charge in [0.15, 0.2) is 0 Å². The number of ether oxygens (including phenoxy) is 1. The maximum Gasteiger partial charge on any atom is 0.410 e. The van der Waals surface area contributed by atoms with Crippen molar-refractivity contribution >= 4 is 11.8 Å². The van der Waals surface area contributed by atoms with Crippen LogP contribution >= 0.6 is 0 Å². The van der Waals surface area contributed by atoms with Gasteiger partial charge in [0.1, 0.15) is 5.60 Å². The van der Waals surface area contributed by atoms with Crippen molar-refractivity contribution in [2.75, 3.05) is 37.6 Å². The summed E-state index contributed by atoms with van der Waals surface area (Å²) >= 11 is 0. The van der Waals surface area contributed by atoms with Gasteiger partial charge in [0.25, 0.3) is 0 Å². The van der Waals surface area contributed by atoms with Crippen molar-refractivity contribution < 1.29 is 9.53 Å². The third kappa shape index (κ3) is 5.13. The smallest absolute Gasteiger partial charge is 0.410 e. The molecule has 1 amide bonds. The molecule has 0 aliphatic carbocycles. The number of benzene rings is 1. The fourth-order valence-electron chi connectivity index (χ4n) is 2.78. The third-order valence-electron chi connectivity index (χ3n) is 3.91. The van der Waals surface area contributed by atoms with E-state index in [0.717, 1.165) is 25.9 Å². The molecule has 23 heavy (non-hydrogen) atoms. The number of nitrogens with zero attached hydrogens (tertiary/aromatic N) is 2. The minimum Gasteiger partial charge on any atom is -0.444 e. The largest absolute Gasteiger partial charge is 0.444 e. The normalized spacial score (nSPS) is 15.7. The number of piperazine rings is 1. The molecule has 5 nitrogen and oxygen atoms in total. The zero-order valence-corrected chi connectivity index (χ0v) is 14.5. The number of nitrogens with two attached hydrogens (primary N) is 1. The van der Waals surface area contributed by atoms with Gasteiger partial charge in [-0.05, 0) is 51.8 Å². The van der Waals surface area contributed by atoms with Crippen LogP contribution in [0.4, 0.5) is 10.5 Å². The molecule has 0 aromatic heterocycles. The van der Waals surface area contributed by atoms with Gasteiger partial charge in [-0.3, -0.25) is 0 Å². The predicted octanol–water partition coefficient (Wildman–Crippen LogP) is 2.64. The summed E-state index contributed by atoms with van der Waals surface area (Å²) in [5.41, 5.74) is 7.80. The van der Waals surface area contributed by atoms with E-state index < -0.39 is 5.60 Å². The Hall–Kier alpha value is -1.75. The highest BCUT2D eigenvalue weighted by molar-refractivity contribution is 5.68. The Morgan fingerprint density at radius 2 is 1.83 bits per heavy atom. The fourth-order valence-corrected chi connectivity index (χ4v) is 2.78. The van der Waals surface area contributed by atoms with Gasteiger partial charge in [-0.1, -0.05) is 18.2 Å². The minimum absolute atomic E-state index is 0.214. The topological polar surface area (TPSA) is 58.8 Å². The average molecular weight is 319 g/mol. The lowest BCUT2D eigenvalue weighted by Crippen LogP contribution is -2.50.